The van der Waals surface area contributed by atoms with Crippen molar-refractivity contribution in [2.45, 2.75) is 25.3 Å². The van der Waals surface area contributed by atoms with E-state index in [-0.39, 0.29) is 18.0 Å². The van der Waals surface area contributed by atoms with Gasteiger partial charge in [-0.25, -0.2) is 8.78 Å². The Balaban J connectivity index is 2.17. The van der Waals surface area contributed by atoms with E-state index < -0.39 is 11.6 Å². The molecule has 0 aromatic heterocycles. The predicted octanol–water partition coefficient (Wildman–Crippen LogP) is 2.79. The standard InChI is InChI=1S/C14H17F2NO/c1-17-13(14-7-2-3-8-18-14)9-10-11(15)5-4-6-12(10)16/h4-7,13,17H,2-3,8-9H2,1H3. The maximum Gasteiger partial charge on any atom is 0.129 e. The highest BCUT2D eigenvalue weighted by molar-refractivity contribution is 5.23. The lowest BCUT2D eigenvalue weighted by Gasteiger charge is -2.23. The topological polar surface area (TPSA) is 21.3 Å². The van der Waals surface area contributed by atoms with Crippen LogP contribution in [-0.4, -0.2) is 19.7 Å². The van der Waals surface area contributed by atoms with Gasteiger partial charge < -0.3 is 10.1 Å². The second-order valence-electron chi connectivity index (χ2n) is 4.34. The van der Waals surface area contributed by atoms with Crippen molar-refractivity contribution in [2.24, 2.45) is 0 Å². The second kappa shape index (κ2) is 5.96. The van der Waals surface area contributed by atoms with Gasteiger partial charge in [0, 0.05) is 12.0 Å². The highest BCUT2D eigenvalue weighted by Gasteiger charge is 2.20. The van der Waals surface area contributed by atoms with Crippen LogP contribution in [0.1, 0.15) is 18.4 Å². The summed E-state index contributed by atoms with van der Waals surface area (Å²) in [5, 5.41) is 3.05. The van der Waals surface area contributed by atoms with Crippen LogP contribution in [0.3, 0.4) is 0 Å². The van der Waals surface area contributed by atoms with Crippen molar-refractivity contribution in [3.8, 4) is 0 Å². The van der Waals surface area contributed by atoms with E-state index in [1.165, 1.54) is 18.2 Å². The van der Waals surface area contributed by atoms with Crippen LogP contribution in [0.4, 0.5) is 8.78 Å². The van der Waals surface area contributed by atoms with Gasteiger partial charge in [0.1, 0.15) is 17.4 Å². The van der Waals surface area contributed by atoms with E-state index in [0.29, 0.717) is 6.61 Å². The maximum atomic E-state index is 13.6. The molecule has 1 aromatic carbocycles. The zero-order chi connectivity index (χ0) is 13.0. The number of halogens is 2. The van der Waals surface area contributed by atoms with Crippen LogP contribution in [0.2, 0.25) is 0 Å². The van der Waals surface area contributed by atoms with E-state index in [9.17, 15) is 8.78 Å². The van der Waals surface area contributed by atoms with Gasteiger partial charge in [-0.1, -0.05) is 6.07 Å². The van der Waals surface area contributed by atoms with Crippen molar-refractivity contribution < 1.29 is 13.5 Å². The third-order valence-electron chi connectivity index (χ3n) is 3.12. The van der Waals surface area contributed by atoms with E-state index >= 15 is 0 Å². The summed E-state index contributed by atoms with van der Waals surface area (Å²) >= 11 is 0. The molecule has 0 fully saturated rings. The summed E-state index contributed by atoms with van der Waals surface area (Å²) in [6.45, 7) is 0.670. The molecule has 0 amide bonds. The number of benzene rings is 1. The number of hydrogen-bond acceptors (Lipinski definition) is 2. The number of likely N-dealkylation sites (N-methyl/N-ethyl adjacent to an activating group) is 1. The number of rotatable bonds is 4. The van der Waals surface area contributed by atoms with E-state index in [2.05, 4.69) is 5.32 Å². The number of allylic oxidation sites excluding steroid dienone is 1. The van der Waals surface area contributed by atoms with Gasteiger partial charge in [-0.3, -0.25) is 0 Å². The fourth-order valence-corrected chi connectivity index (χ4v) is 2.10. The number of nitrogens with one attached hydrogen (secondary N) is 1. The first kappa shape index (κ1) is 13.0. The summed E-state index contributed by atoms with van der Waals surface area (Å²) in [7, 11) is 1.77. The van der Waals surface area contributed by atoms with Gasteiger partial charge in [0.05, 0.1) is 12.6 Å². The van der Waals surface area contributed by atoms with Crippen LogP contribution in [0.5, 0.6) is 0 Å². The Morgan fingerprint density at radius 3 is 2.61 bits per heavy atom. The molecule has 0 saturated carbocycles. The normalized spacial score (nSPS) is 16.9. The molecule has 2 rings (SSSR count). The van der Waals surface area contributed by atoms with E-state index in [1.807, 2.05) is 6.08 Å². The van der Waals surface area contributed by atoms with Gasteiger partial charge in [-0.2, -0.15) is 0 Å². The third kappa shape index (κ3) is 2.88. The van der Waals surface area contributed by atoms with Gasteiger partial charge in [-0.15, -0.1) is 0 Å². The molecule has 98 valence electrons. The molecule has 18 heavy (non-hydrogen) atoms. The van der Waals surface area contributed by atoms with Crippen LogP contribution >= 0.6 is 0 Å². The summed E-state index contributed by atoms with van der Waals surface area (Å²) < 4.78 is 32.7. The molecule has 4 heteroatoms. The van der Waals surface area contributed by atoms with Gasteiger partial charge in [0.25, 0.3) is 0 Å². The monoisotopic (exact) mass is 253 g/mol. The first-order chi connectivity index (χ1) is 8.72. The summed E-state index contributed by atoms with van der Waals surface area (Å²) in [4.78, 5) is 0. The summed E-state index contributed by atoms with van der Waals surface area (Å²) in [5.41, 5.74) is 0.104. The molecule has 1 N–H and O–H groups in total. The van der Waals surface area contributed by atoms with Crippen LogP contribution in [-0.2, 0) is 11.2 Å². The van der Waals surface area contributed by atoms with Crippen molar-refractivity contribution >= 4 is 0 Å². The second-order valence-corrected chi connectivity index (χ2v) is 4.34. The van der Waals surface area contributed by atoms with E-state index in [4.69, 9.17) is 4.74 Å². The molecule has 1 aromatic rings. The number of hydrogen-bond donors (Lipinski definition) is 1. The Bertz CT molecular complexity index is 425. The largest absolute Gasteiger partial charge is 0.497 e. The fraction of sp³-hybridized carbons (Fsp3) is 0.429. The number of ether oxygens (including phenoxy) is 1. The van der Waals surface area contributed by atoms with Crippen molar-refractivity contribution in [3.05, 3.63) is 47.2 Å². The lowest BCUT2D eigenvalue weighted by Crippen LogP contribution is -2.32. The minimum Gasteiger partial charge on any atom is -0.497 e. The van der Waals surface area contributed by atoms with Crippen LogP contribution in [0.25, 0.3) is 0 Å². The summed E-state index contributed by atoms with van der Waals surface area (Å²) in [6, 6.07) is 3.75. The minimum atomic E-state index is -0.508. The average molecular weight is 253 g/mol. The molecule has 1 aliphatic heterocycles. The molecular weight excluding hydrogens is 236 g/mol. The van der Waals surface area contributed by atoms with Crippen LogP contribution in [0.15, 0.2) is 30.0 Å². The molecule has 0 radical (unpaired) electrons. The third-order valence-corrected chi connectivity index (χ3v) is 3.12. The van der Waals surface area contributed by atoms with Crippen molar-refractivity contribution in [2.75, 3.05) is 13.7 Å². The molecule has 0 saturated heterocycles. The van der Waals surface area contributed by atoms with Gasteiger partial charge in [0.2, 0.25) is 0 Å². The summed E-state index contributed by atoms with van der Waals surface area (Å²) in [6.07, 6.45) is 4.19. The molecular formula is C14H17F2NO. The maximum absolute atomic E-state index is 13.6. The Labute approximate surface area is 106 Å². The molecule has 1 heterocycles. The van der Waals surface area contributed by atoms with Gasteiger partial charge >= 0.3 is 0 Å². The average Bonchev–Trinajstić information content (AvgIpc) is 2.40. The molecule has 0 aliphatic carbocycles. The van der Waals surface area contributed by atoms with Crippen molar-refractivity contribution in [1.82, 2.24) is 5.32 Å². The Morgan fingerprint density at radius 2 is 2.06 bits per heavy atom. The Hall–Kier alpha value is -1.42. The van der Waals surface area contributed by atoms with Crippen LogP contribution < -0.4 is 5.32 Å². The predicted molar refractivity (Wildman–Crippen MR) is 66.2 cm³/mol. The minimum absolute atomic E-state index is 0.104. The Kier molecular flexibility index (Phi) is 4.31. The van der Waals surface area contributed by atoms with Crippen molar-refractivity contribution in [1.29, 1.82) is 0 Å². The highest BCUT2D eigenvalue weighted by Crippen LogP contribution is 2.20. The Morgan fingerprint density at radius 1 is 1.33 bits per heavy atom. The SMILES string of the molecule is CNC(Cc1c(F)cccc1F)C1=CCCCO1. The molecule has 2 nitrogen and oxygen atoms in total. The summed E-state index contributed by atoms with van der Waals surface area (Å²) in [5.74, 6) is -0.232. The van der Waals surface area contributed by atoms with Crippen LogP contribution in [0, 0.1) is 11.6 Å². The highest BCUT2D eigenvalue weighted by atomic mass is 19.1. The molecule has 0 bridgehead atoms. The first-order valence-electron chi connectivity index (χ1n) is 6.15. The first-order valence-corrected chi connectivity index (χ1v) is 6.15. The quantitative estimate of drug-likeness (QED) is 0.891. The fourth-order valence-electron chi connectivity index (χ4n) is 2.10. The van der Waals surface area contributed by atoms with E-state index in [0.717, 1.165) is 18.6 Å². The zero-order valence-electron chi connectivity index (χ0n) is 10.4. The smallest absolute Gasteiger partial charge is 0.129 e. The molecule has 1 atom stereocenters. The lowest BCUT2D eigenvalue weighted by molar-refractivity contribution is 0.168. The molecule has 1 aliphatic rings. The zero-order valence-corrected chi connectivity index (χ0v) is 10.4. The lowest BCUT2D eigenvalue weighted by atomic mass is 10.0. The van der Waals surface area contributed by atoms with Crippen molar-refractivity contribution in [3.63, 3.8) is 0 Å². The molecule has 1 unspecified atom stereocenters. The van der Waals surface area contributed by atoms with Gasteiger partial charge in [0.15, 0.2) is 0 Å². The van der Waals surface area contributed by atoms with E-state index in [1.54, 1.807) is 7.05 Å². The molecule has 0 spiro atoms. The van der Waals surface area contributed by atoms with Gasteiger partial charge in [-0.05, 0) is 38.1 Å².